The van der Waals surface area contributed by atoms with Gasteiger partial charge in [0.15, 0.2) is 17.3 Å². The monoisotopic (exact) mass is 461 g/mol. The fourth-order valence-corrected chi connectivity index (χ4v) is 4.05. The standard InChI is InChI=1S/C22H19ClF3N5O/c1-12-8-10-31(21-16(26)7-4-9-27-21)11-13(12)20-17(23)19(29-30(20)2)22(32)28-18-14(24)5-3-6-15(18)25/h3-7,9H,8,10-11H2,1-2H3,(H,28,32). The number of aryl methyl sites for hydroxylation is 1. The Bertz CT molecular complexity index is 1220. The lowest BCUT2D eigenvalue weighted by molar-refractivity contribution is 0.102. The molecule has 1 amide bonds. The highest BCUT2D eigenvalue weighted by atomic mass is 35.5. The van der Waals surface area contributed by atoms with Crippen molar-refractivity contribution in [1.29, 1.82) is 0 Å². The first kappa shape index (κ1) is 21.9. The molecule has 0 bridgehead atoms. The highest BCUT2D eigenvalue weighted by molar-refractivity contribution is 6.35. The number of carbonyl (C=O) groups excluding carboxylic acids is 1. The smallest absolute Gasteiger partial charge is 0.277 e. The molecule has 0 radical (unpaired) electrons. The number of amides is 1. The van der Waals surface area contributed by atoms with Gasteiger partial charge in [0.05, 0.1) is 10.7 Å². The van der Waals surface area contributed by atoms with Crippen molar-refractivity contribution in [2.75, 3.05) is 23.3 Å². The van der Waals surface area contributed by atoms with Crippen LogP contribution in [0.3, 0.4) is 0 Å². The minimum Gasteiger partial charge on any atom is -0.349 e. The van der Waals surface area contributed by atoms with E-state index in [-0.39, 0.29) is 16.5 Å². The van der Waals surface area contributed by atoms with Gasteiger partial charge in [0.2, 0.25) is 0 Å². The van der Waals surface area contributed by atoms with Gasteiger partial charge in [0.1, 0.15) is 17.3 Å². The van der Waals surface area contributed by atoms with Crippen LogP contribution in [0.15, 0.2) is 42.1 Å². The Kier molecular flexibility index (Phi) is 5.92. The second kappa shape index (κ2) is 8.66. The quantitative estimate of drug-likeness (QED) is 0.605. The van der Waals surface area contributed by atoms with E-state index in [2.05, 4.69) is 15.4 Å². The number of halogens is 4. The molecule has 0 atom stereocenters. The number of hydrogen-bond donors (Lipinski definition) is 1. The molecule has 1 N–H and O–H groups in total. The Hall–Kier alpha value is -3.33. The lowest BCUT2D eigenvalue weighted by Crippen LogP contribution is -2.32. The van der Waals surface area contributed by atoms with Crippen LogP contribution >= 0.6 is 11.6 Å². The summed E-state index contributed by atoms with van der Waals surface area (Å²) in [4.78, 5) is 18.6. The van der Waals surface area contributed by atoms with Crippen LogP contribution in [0, 0.1) is 17.5 Å². The maximum atomic E-state index is 14.3. The lowest BCUT2D eigenvalue weighted by Gasteiger charge is -2.31. The number of aromatic nitrogens is 3. The average molecular weight is 462 g/mol. The van der Waals surface area contributed by atoms with E-state index in [1.165, 1.54) is 29.1 Å². The zero-order valence-corrected chi connectivity index (χ0v) is 18.1. The van der Waals surface area contributed by atoms with Gasteiger partial charge in [0, 0.05) is 26.3 Å². The molecule has 1 aliphatic rings. The van der Waals surface area contributed by atoms with Crippen molar-refractivity contribution in [2.24, 2.45) is 7.05 Å². The molecule has 0 fully saturated rings. The average Bonchev–Trinajstić information content (AvgIpc) is 3.06. The first-order valence-electron chi connectivity index (χ1n) is 9.80. The van der Waals surface area contributed by atoms with Crippen molar-refractivity contribution in [3.63, 3.8) is 0 Å². The van der Waals surface area contributed by atoms with E-state index in [1.54, 1.807) is 11.9 Å². The van der Waals surface area contributed by atoms with Crippen molar-refractivity contribution in [3.05, 3.63) is 76.0 Å². The van der Waals surface area contributed by atoms with Gasteiger partial charge in [-0.05, 0) is 43.2 Å². The van der Waals surface area contributed by atoms with Crippen molar-refractivity contribution in [1.82, 2.24) is 14.8 Å². The van der Waals surface area contributed by atoms with Gasteiger partial charge in [-0.25, -0.2) is 18.2 Å². The van der Waals surface area contributed by atoms with Gasteiger partial charge >= 0.3 is 0 Å². The van der Waals surface area contributed by atoms with Gasteiger partial charge in [-0.1, -0.05) is 23.2 Å². The van der Waals surface area contributed by atoms with Crippen molar-refractivity contribution in [3.8, 4) is 0 Å². The van der Waals surface area contributed by atoms with Crippen LogP contribution in [-0.4, -0.2) is 33.8 Å². The van der Waals surface area contributed by atoms with Crippen molar-refractivity contribution >= 4 is 34.6 Å². The summed E-state index contributed by atoms with van der Waals surface area (Å²) >= 11 is 6.52. The molecule has 3 heterocycles. The minimum absolute atomic E-state index is 0.0411. The van der Waals surface area contributed by atoms with Crippen LogP contribution in [0.4, 0.5) is 24.7 Å². The Labute approximate surface area is 187 Å². The third-order valence-corrected chi connectivity index (χ3v) is 5.71. The number of benzene rings is 1. The van der Waals surface area contributed by atoms with Gasteiger partial charge in [-0.15, -0.1) is 0 Å². The molecule has 1 aromatic carbocycles. The van der Waals surface area contributed by atoms with Gasteiger partial charge in [-0.2, -0.15) is 5.10 Å². The predicted molar refractivity (Wildman–Crippen MR) is 116 cm³/mol. The summed E-state index contributed by atoms with van der Waals surface area (Å²) in [5.41, 5.74) is 1.51. The van der Waals surface area contributed by atoms with E-state index in [9.17, 15) is 18.0 Å². The molecule has 0 spiro atoms. The van der Waals surface area contributed by atoms with Gasteiger partial charge < -0.3 is 10.2 Å². The summed E-state index contributed by atoms with van der Waals surface area (Å²) in [6.07, 6.45) is 2.15. The molecule has 0 saturated carbocycles. The van der Waals surface area contributed by atoms with Crippen LogP contribution in [0.25, 0.3) is 5.57 Å². The topological polar surface area (TPSA) is 63.1 Å². The van der Waals surface area contributed by atoms with E-state index in [0.717, 1.165) is 23.3 Å². The van der Waals surface area contributed by atoms with E-state index in [0.29, 0.717) is 25.2 Å². The largest absolute Gasteiger partial charge is 0.349 e. The summed E-state index contributed by atoms with van der Waals surface area (Å²) in [5.74, 6) is -2.88. The maximum Gasteiger partial charge on any atom is 0.277 e. The zero-order valence-electron chi connectivity index (χ0n) is 17.3. The normalized spacial score (nSPS) is 14.1. The second-order valence-corrected chi connectivity index (χ2v) is 7.80. The molecule has 166 valence electrons. The molecular formula is C22H19ClF3N5O. The van der Waals surface area contributed by atoms with Crippen LogP contribution in [0.2, 0.25) is 5.02 Å². The van der Waals surface area contributed by atoms with E-state index < -0.39 is 29.0 Å². The van der Waals surface area contributed by atoms with E-state index >= 15 is 0 Å². The molecule has 4 rings (SSSR count). The van der Waals surface area contributed by atoms with Gasteiger partial charge in [-0.3, -0.25) is 9.48 Å². The number of carbonyl (C=O) groups is 1. The summed E-state index contributed by atoms with van der Waals surface area (Å²) in [7, 11) is 1.61. The van der Waals surface area contributed by atoms with Crippen molar-refractivity contribution in [2.45, 2.75) is 13.3 Å². The van der Waals surface area contributed by atoms with Crippen LogP contribution in [0.5, 0.6) is 0 Å². The molecule has 32 heavy (non-hydrogen) atoms. The number of nitrogens with zero attached hydrogens (tertiary/aromatic N) is 4. The second-order valence-electron chi connectivity index (χ2n) is 7.42. The summed E-state index contributed by atoms with van der Waals surface area (Å²) < 4.78 is 43.6. The number of para-hydroxylation sites is 1. The Balaban J connectivity index is 1.66. The summed E-state index contributed by atoms with van der Waals surface area (Å²) in [5, 5.41) is 6.41. The van der Waals surface area contributed by atoms with Crippen LogP contribution < -0.4 is 10.2 Å². The molecule has 1 aliphatic heterocycles. The number of rotatable bonds is 4. The Morgan fingerprint density at radius 2 is 1.81 bits per heavy atom. The third-order valence-electron chi connectivity index (χ3n) is 5.35. The molecule has 2 aromatic heterocycles. The number of hydrogen-bond acceptors (Lipinski definition) is 4. The fourth-order valence-electron chi connectivity index (χ4n) is 3.69. The predicted octanol–water partition coefficient (Wildman–Crippen LogP) is 4.82. The minimum atomic E-state index is -0.913. The molecule has 0 aliphatic carbocycles. The Morgan fingerprint density at radius 1 is 1.12 bits per heavy atom. The molecule has 10 heteroatoms. The molecule has 6 nitrogen and oxygen atoms in total. The first-order chi connectivity index (χ1) is 15.3. The van der Waals surface area contributed by atoms with Crippen LogP contribution in [-0.2, 0) is 7.05 Å². The van der Waals surface area contributed by atoms with Crippen LogP contribution in [0.1, 0.15) is 29.5 Å². The lowest BCUT2D eigenvalue weighted by atomic mass is 9.98. The molecular weight excluding hydrogens is 443 g/mol. The number of anilines is 2. The van der Waals surface area contributed by atoms with Crippen molar-refractivity contribution < 1.29 is 18.0 Å². The summed E-state index contributed by atoms with van der Waals surface area (Å²) in [6, 6.07) is 6.12. The summed E-state index contributed by atoms with van der Waals surface area (Å²) in [6.45, 7) is 2.81. The highest BCUT2D eigenvalue weighted by Crippen LogP contribution is 2.35. The molecule has 0 saturated heterocycles. The van der Waals surface area contributed by atoms with E-state index in [4.69, 9.17) is 11.6 Å². The zero-order chi connectivity index (χ0) is 23.0. The first-order valence-corrected chi connectivity index (χ1v) is 10.2. The Morgan fingerprint density at radius 3 is 2.50 bits per heavy atom. The molecule has 3 aromatic rings. The number of pyridine rings is 1. The fraction of sp³-hybridized carbons (Fsp3) is 0.227. The van der Waals surface area contributed by atoms with E-state index in [1.807, 2.05) is 6.92 Å². The SMILES string of the molecule is CC1=C(c2c(Cl)c(C(=O)Nc3c(F)cccc3F)nn2C)CN(c2ncccc2F)CC1. The van der Waals surface area contributed by atoms with Gasteiger partial charge in [0.25, 0.3) is 5.91 Å². The highest BCUT2D eigenvalue weighted by Gasteiger charge is 2.28. The number of nitrogens with one attached hydrogen (secondary N) is 1. The maximum absolute atomic E-state index is 14.3. The molecule has 0 unspecified atom stereocenters. The third kappa shape index (κ3) is 3.95.